The summed E-state index contributed by atoms with van der Waals surface area (Å²) in [6.07, 6.45) is 3.05. The van der Waals surface area contributed by atoms with E-state index in [0.29, 0.717) is 35.6 Å². The van der Waals surface area contributed by atoms with Gasteiger partial charge in [0.05, 0.1) is 24.8 Å². The zero-order valence-corrected chi connectivity index (χ0v) is 17.2. The molecule has 5 nitrogen and oxygen atoms in total. The number of ether oxygens (including phenoxy) is 1. The molecule has 29 heavy (non-hydrogen) atoms. The largest absolute Gasteiger partial charge is 0.496 e. The number of pyridine rings is 1. The predicted octanol–water partition coefficient (Wildman–Crippen LogP) is 4.60. The van der Waals surface area contributed by atoms with Crippen LogP contribution in [0, 0.1) is 24.0 Å². The van der Waals surface area contributed by atoms with E-state index in [4.69, 9.17) is 4.74 Å². The second kappa shape index (κ2) is 7.97. The van der Waals surface area contributed by atoms with Gasteiger partial charge in [-0.25, -0.2) is 8.78 Å². The van der Waals surface area contributed by atoms with Gasteiger partial charge < -0.3 is 14.7 Å². The summed E-state index contributed by atoms with van der Waals surface area (Å²) < 4.78 is 34.3. The third kappa shape index (κ3) is 4.18. The lowest BCUT2D eigenvalue weighted by Crippen LogP contribution is -2.38. The Balaban J connectivity index is 2.26. The average Bonchev–Trinajstić information content (AvgIpc) is 2.66. The molecule has 0 aliphatic carbocycles. The maximum absolute atomic E-state index is 14.9. The number of rotatable bonds is 5. The van der Waals surface area contributed by atoms with Crippen LogP contribution in [0.1, 0.15) is 37.9 Å². The number of carboxylic acid groups (broad SMARTS) is 1. The van der Waals surface area contributed by atoms with Crippen molar-refractivity contribution >= 4 is 11.7 Å². The molecular formula is C22H26F2N2O3. The molecule has 0 saturated carbocycles. The number of nitrogens with zero attached hydrogens (tertiary/aromatic N) is 2. The van der Waals surface area contributed by atoms with Gasteiger partial charge in [0.15, 0.2) is 11.6 Å². The molecule has 0 bridgehead atoms. The molecule has 1 aliphatic rings. The van der Waals surface area contributed by atoms with Crippen molar-refractivity contribution in [1.82, 2.24) is 4.98 Å². The van der Waals surface area contributed by atoms with E-state index in [1.807, 2.05) is 0 Å². The Morgan fingerprint density at radius 2 is 1.93 bits per heavy atom. The number of carbonyl (C=O) groups is 1. The summed E-state index contributed by atoms with van der Waals surface area (Å²) in [5, 5.41) is 9.45. The van der Waals surface area contributed by atoms with Crippen molar-refractivity contribution in [2.45, 2.75) is 40.0 Å². The number of aromatic nitrogens is 1. The number of carboxylic acids is 1. The van der Waals surface area contributed by atoms with E-state index in [1.165, 1.54) is 19.4 Å². The molecule has 0 atom stereocenters. The first-order valence-corrected chi connectivity index (χ1v) is 9.62. The average molecular weight is 404 g/mol. The van der Waals surface area contributed by atoms with Crippen molar-refractivity contribution in [2.75, 3.05) is 25.1 Å². The van der Waals surface area contributed by atoms with E-state index in [-0.39, 0.29) is 23.1 Å². The minimum Gasteiger partial charge on any atom is -0.496 e. The van der Waals surface area contributed by atoms with E-state index in [9.17, 15) is 18.7 Å². The Hall–Kier alpha value is -2.70. The number of halogens is 2. The lowest BCUT2D eigenvalue weighted by Gasteiger charge is -2.40. The normalized spacial score (nSPS) is 16.0. The maximum Gasteiger partial charge on any atom is 0.307 e. The van der Waals surface area contributed by atoms with Crippen LogP contribution in [0.25, 0.3) is 11.1 Å². The smallest absolute Gasteiger partial charge is 0.307 e. The Morgan fingerprint density at radius 3 is 2.52 bits per heavy atom. The van der Waals surface area contributed by atoms with Crippen molar-refractivity contribution < 1.29 is 23.4 Å². The van der Waals surface area contributed by atoms with Crippen molar-refractivity contribution in [2.24, 2.45) is 5.41 Å². The number of methoxy groups -OCH3 is 1. The molecule has 1 fully saturated rings. The van der Waals surface area contributed by atoms with Gasteiger partial charge in [0, 0.05) is 36.1 Å². The van der Waals surface area contributed by atoms with E-state index < -0.39 is 17.6 Å². The van der Waals surface area contributed by atoms with Crippen molar-refractivity contribution in [3.8, 4) is 16.9 Å². The Morgan fingerprint density at radius 1 is 1.28 bits per heavy atom. The highest BCUT2D eigenvalue weighted by Crippen LogP contribution is 2.43. The summed E-state index contributed by atoms with van der Waals surface area (Å²) >= 11 is 0. The molecule has 0 radical (unpaired) electrons. The fraction of sp³-hybridized carbons (Fsp3) is 0.455. The van der Waals surface area contributed by atoms with Gasteiger partial charge in [-0.3, -0.25) is 9.78 Å². The number of aryl methyl sites for hydroxylation is 1. The molecule has 1 saturated heterocycles. The highest BCUT2D eigenvalue weighted by Gasteiger charge is 2.31. The first kappa shape index (κ1) is 21.0. The van der Waals surface area contributed by atoms with Crippen LogP contribution < -0.4 is 9.64 Å². The molecule has 1 aromatic carbocycles. The quantitative estimate of drug-likeness (QED) is 0.789. The highest BCUT2D eigenvalue weighted by atomic mass is 19.2. The van der Waals surface area contributed by atoms with E-state index in [0.717, 1.165) is 18.9 Å². The topological polar surface area (TPSA) is 62.7 Å². The van der Waals surface area contributed by atoms with E-state index in [2.05, 4.69) is 23.7 Å². The number of hydrogen-bond acceptors (Lipinski definition) is 4. The zero-order chi connectivity index (χ0) is 21.3. The number of piperidine rings is 1. The number of aliphatic carboxylic acids is 1. The molecule has 2 heterocycles. The minimum absolute atomic E-state index is 0.0357. The molecule has 1 N–H and O–H groups in total. The molecule has 2 aromatic rings. The summed E-state index contributed by atoms with van der Waals surface area (Å²) in [4.78, 5) is 17.9. The van der Waals surface area contributed by atoms with Gasteiger partial charge in [0.1, 0.15) is 5.75 Å². The van der Waals surface area contributed by atoms with Gasteiger partial charge in [-0.15, -0.1) is 0 Å². The zero-order valence-electron chi connectivity index (χ0n) is 17.2. The molecule has 156 valence electrons. The summed E-state index contributed by atoms with van der Waals surface area (Å²) in [6.45, 7) is 7.50. The lowest BCUT2D eigenvalue weighted by atomic mass is 9.82. The van der Waals surface area contributed by atoms with Crippen LogP contribution in [-0.4, -0.2) is 36.3 Å². The molecule has 7 heteroatoms. The van der Waals surface area contributed by atoms with Crippen molar-refractivity contribution in [3.63, 3.8) is 0 Å². The molecule has 0 amide bonds. The molecule has 0 spiro atoms. The third-order valence-electron chi connectivity index (χ3n) is 5.67. The van der Waals surface area contributed by atoms with Gasteiger partial charge in [0.2, 0.25) is 0 Å². The molecule has 1 aliphatic heterocycles. The summed E-state index contributed by atoms with van der Waals surface area (Å²) in [6, 6.07) is 2.38. The second-order valence-corrected chi connectivity index (χ2v) is 8.24. The Labute approximate surface area is 169 Å². The third-order valence-corrected chi connectivity index (χ3v) is 5.67. The SMILES string of the molecule is COc1ccc(F)c(F)c1-c1cnc(C)c(CC(=O)O)c1N1CCC(C)(C)CC1. The molecular weight excluding hydrogens is 378 g/mol. The summed E-state index contributed by atoms with van der Waals surface area (Å²) in [5.41, 5.74) is 2.16. The van der Waals surface area contributed by atoms with Crippen LogP contribution in [0.2, 0.25) is 0 Å². The van der Waals surface area contributed by atoms with Gasteiger partial charge in [-0.1, -0.05) is 13.8 Å². The molecule has 1 aromatic heterocycles. The van der Waals surface area contributed by atoms with Crippen LogP contribution in [0.15, 0.2) is 18.3 Å². The fourth-order valence-electron chi connectivity index (χ4n) is 3.83. The van der Waals surface area contributed by atoms with Gasteiger partial charge >= 0.3 is 5.97 Å². The minimum atomic E-state index is -1.03. The monoisotopic (exact) mass is 404 g/mol. The van der Waals surface area contributed by atoms with Gasteiger partial charge in [-0.05, 0) is 37.3 Å². The predicted molar refractivity (Wildman–Crippen MR) is 107 cm³/mol. The van der Waals surface area contributed by atoms with Crippen LogP contribution >= 0.6 is 0 Å². The Kier molecular flexibility index (Phi) is 5.78. The first-order valence-electron chi connectivity index (χ1n) is 9.62. The van der Waals surface area contributed by atoms with Gasteiger partial charge in [-0.2, -0.15) is 0 Å². The number of benzene rings is 1. The Bertz CT molecular complexity index is 934. The highest BCUT2D eigenvalue weighted by molar-refractivity contribution is 5.87. The van der Waals surface area contributed by atoms with Gasteiger partial charge in [0.25, 0.3) is 0 Å². The molecule has 0 unspecified atom stereocenters. The van der Waals surface area contributed by atoms with Crippen LogP contribution in [-0.2, 0) is 11.2 Å². The number of hydrogen-bond donors (Lipinski definition) is 1. The number of anilines is 1. The fourth-order valence-corrected chi connectivity index (χ4v) is 3.83. The van der Waals surface area contributed by atoms with Crippen LogP contribution in [0.4, 0.5) is 14.5 Å². The summed E-state index contributed by atoms with van der Waals surface area (Å²) in [5.74, 6) is -2.85. The summed E-state index contributed by atoms with van der Waals surface area (Å²) in [7, 11) is 1.39. The first-order chi connectivity index (χ1) is 13.6. The van der Waals surface area contributed by atoms with Crippen LogP contribution in [0.3, 0.4) is 0 Å². The second-order valence-electron chi connectivity index (χ2n) is 8.24. The lowest BCUT2D eigenvalue weighted by molar-refractivity contribution is -0.136. The molecule has 3 rings (SSSR count). The van der Waals surface area contributed by atoms with Crippen molar-refractivity contribution in [1.29, 1.82) is 0 Å². The van der Waals surface area contributed by atoms with Crippen LogP contribution in [0.5, 0.6) is 5.75 Å². The van der Waals surface area contributed by atoms with E-state index >= 15 is 0 Å². The van der Waals surface area contributed by atoms with Crippen molar-refractivity contribution in [3.05, 3.63) is 41.2 Å². The maximum atomic E-state index is 14.9. The standard InChI is InChI=1S/C22H26F2N2O3/c1-13-14(11-18(27)28)21(26-9-7-22(2,3)8-10-26)15(12-25-13)19-17(29-4)6-5-16(23)20(19)24/h5-6,12H,7-11H2,1-4H3,(H,27,28). The van der Waals surface area contributed by atoms with E-state index in [1.54, 1.807) is 6.92 Å².